The number of nitrogens with zero attached hydrogens (tertiary/aromatic N) is 2. The van der Waals surface area contributed by atoms with E-state index < -0.39 is 0 Å². The number of nitrogens with two attached hydrogens (primary N) is 1. The van der Waals surface area contributed by atoms with Crippen LogP contribution in [-0.4, -0.2) is 15.9 Å². The molecule has 5 nitrogen and oxygen atoms in total. The fraction of sp³-hybridized carbons (Fsp3) is 0.367. The molecule has 4 rings (SSSR count). The zero-order chi connectivity index (χ0) is 26.6. The molecule has 0 saturated heterocycles. The lowest BCUT2D eigenvalue weighted by Crippen LogP contribution is -2.26. The number of allylic oxidation sites excluding steroid dienone is 2. The Morgan fingerprint density at radius 2 is 2.00 bits per heavy atom. The summed E-state index contributed by atoms with van der Waals surface area (Å²) in [5.41, 5.74) is 11.1. The van der Waals surface area contributed by atoms with E-state index in [0.717, 1.165) is 42.6 Å². The van der Waals surface area contributed by atoms with Crippen LogP contribution in [0, 0.1) is 17.2 Å². The number of halogens is 1. The third-order valence-corrected chi connectivity index (χ3v) is 7.55. The predicted molar refractivity (Wildman–Crippen MR) is 153 cm³/mol. The minimum atomic E-state index is -0.348. The van der Waals surface area contributed by atoms with Gasteiger partial charge in [0, 0.05) is 16.6 Å². The quantitative estimate of drug-likeness (QED) is 0.230. The van der Waals surface area contributed by atoms with Crippen LogP contribution in [-0.2, 0) is 17.6 Å². The van der Waals surface area contributed by atoms with Crippen molar-refractivity contribution >= 4 is 32.0 Å². The Balaban J connectivity index is 1.63. The van der Waals surface area contributed by atoms with E-state index in [9.17, 15) is 9.18 Å². The van der Waals surface area contributed by atoms with Crippen LogP contribution >= 0.6 is 9.24 Å². The SMILES string of the molecule is C/C1=C\CCC(C)(Cc2nc(-c3ccc(N)cc3)cnc2NC(=O)Cc2ccc(P)c(F)c2)CC(C)C1. The van der Waals surface area contributed by atoms with Crippen molar-refractivity contribution in [3.05, 3.63) is 77.4 Å². The van der Waals surface area contributed by atoms with E-state index in [4.69, 9.17) is 10.7 Å². The van der Waals surface area contributed by atoms with E-state index in [2.05, 4.69) is 46.4 Å². The largest absolute Gasteiger partial charge is 0.399 e. The predicted octanol–water partition coefficient (Wildman–Crippen LogP) is 6.25. The summed E-state index contributed by atoms with van der Waals surface area (Å²) in [6, 6.07) is 12.4. The van der Waals surface area contributed by atoms with Crippen molar-refractivity contribution in [3.63, 3.8) is 0 Å². The fourth-order valence-corrected chi connectivity index (χ4v) is 5.55. The number of anilines is 2. The molecule has 0 fully saturated rings. The highest BCUT2D eigenvalue weighted by molar-refractivity contribution is 7.27. The monoisotopic (exact) mass is 518 g/mol. The average molecular weight is 519 g/mol. The second-order valence-corrected chi connectivity index (χ2v) is 11.5. The number of aromatic nitrogens is 2. The summed E-state index contributed by atoms with van der Waals surface area (Å²) >= 11 is 0. The molecule has 0 bridgehead atoms. The van der Waals surface area contributed by atoms with Crippen molar-refractivity contribution in [2.45, 2.75) is 59.3 Å². The fourth-order valence-electron chi connectivity index (χ4n) is 5.37. The van der Waals surface area contributed by atoms with Gasteiger partial charge in [-0.3, -0.25) is 4.79 Å². The Kier molecular flexibility index (Phi) is 8.39. The van der Waals surface area contributed by atoms with Crippen LogP contribution in [0.15, 0.2) is 60.3 Å². The van der Waals surface area contributed by atoms with Crippen LogP contribution in [0.5, 0.6) is 0 Å². The standard InChI is InChI=1S/C30H36FN4OP/c1-19-5-4-12-30(3,16-20(2)13-19)17-25-29(33-18-26(34-25)22-7-9-23(32)10-8-22)35-28(36)15-21-6-11-27(37)24(31)14-21/h5-11,14,18,20H,4,12-13,15-17,32,37H2,1-3H3,(H,33,35,36)/b19-5+. The molecule has 0 radical (unpaired) electrons. The maximum absolute atomic E-state index is 14.0. The van der Waals surface area contributed by atoms with Gasteiger partial charge in [-0.25, -0.2) is 14.4 Å². The molecule has 3 N–H and O–H groups in total. The molecule has 3 unspecified atom stereocenters. The van der Waals surface area contributed by atoms with Crippen LogP contribution in [0.1, 0.15) is 57.7 Å². The molecular formula is C30H36FN4OP. The topological polar surface area (TPSA) is 80.9 Å². The van der Waals surface area contributed by atoms with Crippen LogP contribution in [0.25, 0.3) is 11.3 Å². The number of carbonyl (C=O) groups is 1. The van der Waals surface area contributed by atoms with E-state index in [0.29, 0.717) is 34.7 Å². The summed E-state index contributed by atoms with van der Waals surface area (Å²) in [6.45, 7) is 6.83. The Labute approximate surface area is 221 Å². The summed E-state index contributed by atoms with van der Waals surface area (Å²) in [5, 5.41) is 3.44. The van der Waals surface area contributed by atoms with E-state index in [-0.39, 0.29) is 23.6 Å². The third-order valence-electron chi connectivity index (χ3n) is 7.09. The lowest BCUT2D eigenvalue weighted by Gasteiger charge is -2.34. The summed E-state index contributed by atoms with van der Waals surface area (Å²) in [4.78, 5) is 22.6. The molecule has 1 heterocycles. The van der Waals surface area contributed by atoms with Gasteiger partial charge in [0.2, 0.25) is 5.91 Å². The van der Waals surface area contributed by atoms with Gasteiger partial charge in [-0.1, -0.05) is 49.8 Å². The average Bonchev–Trinajstić information content (AvgIpc) is 2.82. The highest BCUT2D eigenvalue weighted by Crippen LogP contribution is 2.40. The molecule has 1 aromatic heterocycles. The lowest BCUT2D eigenvalue weighted by molar-refractivity contribution is -0.115. The summed E-state index contributed by atoms with van der Waals surface area (Å²) in [5.74, 6) is 0.429. The van der Waals surface area contributed by atoms with E-state index >= 15 is 0 Å². The number of nitrogen functional groups attached to an aromatic ring is 1. The van der Waals surface area contributed by atoms with Gasteiger partial charge in [0.25, 0.3) is 0 Å². The van der Waals surface area contributed by atoms with Gasteiger partial charge in [-0.2, -0.15) is 0 Å². The van der Waals surface area contributed by atoms with E-state index in [1.807, 2.05) is 24.3 Å². The molecule has 7 heteroatoms. The van der Waals surface area contributed by atoms with Crippen molar-refractivity contribution in [1.82, 2.24) is 9.97 Å². The molecule has 1 aliphatic rings. The van der Waals surface area contributed by atoms with Crippen molar-refractivity contribution in [2.24, 2.45) is 11.3 Å². The van der Waals surface area contributed by atoms with Crippen molar-refractivity contribution in [2.75, 3.05) is 11.1 Å². The minimum Gasteiger partial charge on any atom is -0.399 e. The second kappa shape index (κ2) is 11.5. The van der Waals surface area contributed by atoms with Gasteiger partial charge in [-0.15, -0.1) is 9.24 Å². The molecule has 3 aromatic rings. The molecule has 0 aliphatic heterocycles. The van der Waals surface area contributed by atoms with Gasteiger partial charge in [0.05, 0.1) is 24.0 Å². The minimum absolute atomic E-state index is 0.0161. The van der Waals surface area contributed by atoms with Crippen molar-refractivity contribution in [1.29, 1.82) is 0 Å². The smallest absolute Gasteiger partial charge is 0.229 e. The first-order valence-electron chi connectivity index (χ1n) is 12.8. The lowest BCUT2D eigenvalue weighted by atomic mass is 9.72. The number of carbonyl (C=O) groups excluding carboxylic acids is 1. The molecule has 1 amide bonds. The Morgan fingerprint density at radius 1 is 1.24 bits per heavy atom. The van der Waals surface area contributed by atoms with Gasteiger partial charge >= 0.3 is 0 Å². The number of nitrogens with one attached hydrogen (secondary N) is 1. The molecular weight excluding hydrogens is 482 g/mol. The van der Waals surface area contributed by atoms with Crippen molar-refractivity contribution in [3.8, 4) is 11.3 Å². The van der Waals surface area contributed by atoms with E-state index in [1.165, 1.54) is 11.6 Å². The highest BCUT2D eigenvalue weighted by Gasteiger charge is 2.30. The second-order valence-electron chi connectivity index (χ2n) is 10.8. The number of amides is 1. The number of hydrogen-bond donors (Lipinski definition) is 2. The molecule has 3 atom stereocenters. The van der Waals surface area contributed by atoms with Crippen LogP contribution in [0.2, 0.25) is 0 Å². The molecule has 2 aromatic carbocycles. The number of rotatable bonds is 6. The van der Waals surface area contributed by atoms with Gasteiger partial charge in [0.1, 0.15) is 5.82 Å². The molecule has 0 saturated carbocycles. The Morgan fingerprint density at radius 3 is 2.73 bits per heavy atom. The normalized spacial score (nSPS) is 21.4. The molecule has 194 valence electrons. The zero-order valence-corrected chi connectivity index (χ0v) is 23.0. The highest BCUT2D eigenvalue weighted by atomic mass is 31.0. The van der Waals surface area contributed by atoms with Gasteiger partial charge in [0.15, 0.2) is 5.82 Å². The molecule has 1 aliphatic carbocycles. The first-order valence-corrected chi connectivity index (χ1v) is 13.4. The molecule has 37 heavy (non-hydrogen) atoms. The van der Waals surface area contributed by atoms with Crippen molar-refractivity contribution < 1.29 is 9.18 Å². The number of benzene rings is 2. The summed E-state index contributed by atoms with van der Waals surface area (Å²) in [6.07, 6.45) is 9.03. The molecule has 0 spiro atoms. The van der Waals surface area contributed by atoms with E-state index in [1.54, 1.807) is 18.3 Å². The maximum atomic E-state index is 14.0. The zero-order valence-electron chi connectivity index (χ0n) is 21.9. The third kappa shape index (κ3) is 7.23. The van der Waals surface area contributed by atoms with Gasteiger partial charge in [-0.05, 0) is 74.1 Å². The Hall–Kier alpha value is -3.11. The summed E-state index contributed by atoms with van der Waals surface area (Å²) < 4.78 is 14.0. The van der Waals surface area contributed by atoms with Crippen LogP contribution < -0.4 is 16.4 Å². The maximum Gasteiger partial charge on any atom is 0.229 e. The first kappa shape index (κ1) is 26.9. The summed E-state index contributed by atoms with van der Waals surface area (Å²) in [7, 11) is 2.35. The van der Waals surface area contributed by atoms with Crippen LogP contribution in [0.3, 0.4) is 0 Å². The van der Waals surface area contributed by atoms with Crippen LogP contribution in [0.4, 0.5) is 15.9 Å². The number of hydrogen-bond acceptors (Lipinski definition) is 4. The Bertz CT molecular complexity index is 1310. The van der Waals surface area contributed by atoms with Gasteiger partial charge < -0.3 is 11.1 Å². The first-order chi connectivity index (χ1) is 17.6.